The van der Waals surface area contributed by atoms with E-state index in [1.807, 2.05) is 24.3 Å². The zero-order valence-electron chi connectivity index (χ0n) is 21.1. The van der Waals surface area contributed by atoms with Gasteiger partial charge in [-0.05, 0) is 92.0 Å². The van der Waals surface area contributed by atoms with Crippen LogP contribution in [0.15, 0.2) is 52.5 Å². The van der Waals surface area contributed by atoms with Crippen LogP contribution in [-0.4, -0.2) is 62.9 Å². The van der Waals surface area contributed by atoms with Crippen LogP contribution in [0.5, 0.6) is 0 Å². The molecular formula is C28H27ClF3N5OS. The number of aliphatic imine (C=N–C) groups is 1. The van der Waals surface area contributed by atoms with E-state index in [0.717, 1.165) is 61.2 Å². The number of likely N-dealkylation sites (tertiary alicyclic amines) is 2. The van der Waals surface area contributed by atoms with Crippen molar-refractivity contribution in [1.29, 1.82) is 0 Å². The standard InChI is InChI=1S/C28H27ClF3N5OS/c29-21-7-6-19(23(14-21)28(30,31)32)16-37-24-8-5-18(12-20(24)15-33-37)13-25-26(38)34-27(39-25)36-11-3-4-22(36)17-35-9-1-2-10-35/h5-8,12-15,22H,1-4,9-11,16-17H2/b25-13-/t22-/m0/s1. The Morgan fingerprint density at radius 2 is 1.90 bits per heavy atom. The van der Waals surface area contributed by atoms with E-state index in [0.29, 0.717) is 16.5 Å². The lowest BCUT2D eigenvalue weighted by atomic mass is 10.1. The number of halogens is 4. The Kier molecular flexibility index (Phi) is 7.20. The molecule has 11 heteroatoms. The highest BCUT2D eigenvalue weighted by Gasteiger charge is 2.35. The number of carbonyl (C=O) groups excluding carboxylic acids is 1. The van der Waals surface area contributed by atoms with Gasteiger partial charge >= 0.3 is 6.18 Å². The fourth-order valence-corrected chi connectivity index (χ4v) is 6.83. The van der Waals surface area contributed by atoms with Gasteiger partial charge < -0.3 is 9.80 Å². The summed E-state index contributed by atoms with van der Waals surface area (Å²) in [4.78, 5) is 22.5. The molecule has 0 N–H and O–H groups in total. The van der Waals surface area contributed by atoms with Gasteiger partial charge in [0, 0.05) is 29.5 Å². The molecule has 4 heterocycles. The van der Waals surface area contributed by atoms with Gasteiger partial charge in [0.15, 0.2) is 5.17 Å². The number of hydrogen-bond donors (Lipinski definition) is 0. The van der Waals surface area contributed by atoms with Crippen molar-refractivity contribution < 1.29 is 18.0 Å². The Balaban J connectivity index is 1.18. The van der Waals surface area contributed by atoms with E-state index in [9.17, 15) is 18.0 Å². The van der Waals surface area contributed by atoms with Crippen molar-refractivity contribution in [3.63, 3.8) is 0 Å². The number of thioether (sulfide) groups is 1. The Hall–Kier alpha value is -2.82. The minimum atomic E-state index is -4.52. The average Bonchev–Trinajstić information content (AvgIpc) is 3.69. The summed E-state index contributed by atoms with van der Waals surface area (Å²) in [7, 11) is 0. The van der Waals surface area contributed by atoms with Crippen LogP contribution in [0.25, 0.3) is 17.0 Å². The van der Waals surface area contributed by atoms with Gasteiger partial charge in [-0.2, -0.15) is 23.3 Å². The predicted octanol–water partition coefficient (Wildman–Crippen LogP) is 6.29. The highest BCUT2D eigenvalue weighted by atomic mass is 35.5. The molecule has 2 aromatic carbocycles. The molecule has 1 amide bonds. The highest BCUT2D eigenvalue weighted by molar-refractivity contribution is 8.18. The minimum absolute atomic E-state index is 0.0346. The van der Waals surface area contributed by atoms with E-state index < -0.39 is 11.7 Å². The molecule has 1 aromatic heterocycles. The number of amides is 1. The number of fused-ring (bicyclic) bond motifs is 1. The number of amidine groups is 1. The molecule has 0 bridgehead atoms. The first-order valence-electron chi connectivity index (χ1n) is 13.1. The first kappa shape index (κ1) is 26.4. The smallest absolute Gasteiger partial charge is 0.347 e. The third-order valence-corrected chi connectivity index (χ3v) is 8.82. The van der Waals surface area contributed by atoms with Crippen molar-refractivity contribution in [1.82, 2.24) is 19.6 Å². The van der Waals surface area contributed by atoms with Crippen LogP contribution in [0.2, 0.25) is 5.02 Å². The molecule has 2 saturated heterocycles. The molecule has 0 unspecified atom stereocenters. The Bertz CT molecular complexity index is 1480. The second-order valence-corrected chi connectivity index (χ2v) is 11.7. The average molecular weight is 574 g/mol. The third-order valence-electron chi connectivity index (χ3n) is 7.56. The molecule has 3 aliphatic heterocycles. The van der Waals surface area contributed by atoms with Crippen LogP contribution in [0.1, 0.15) is 42.4 Å². The second kappa shape index (κ2) is 10.6. The van der Waals surface area contributed by atoms with Crippen molar-refractivity contribution in [2.24, 2.45) is 4.99 Å². The van der Waals surface area contributed by atoms with Crippen molar-refractivity contribution in [2.45, 2.75) is 44.4 Å². The molecule has 1 atom stereocenters. The van der Waals surface area contributed by atoms with Gasteiger partial charge in [0.2, 0.25) is 0 Å². The maximum absolute atomic E-state index is 13.5. The number of carbonyl (C=O) groups is 1. The molecular weight excluding hydrogens is 547 g/mol. The quantitative estimate of drug-likeness (QED) is 0.336. The van der Waals surface area contributed by atoms with Crippen LogP contribution in [0, 0.1) is 0 Å². The molecule has 3 aliphatic rings. The van der Waals surface area contributed by atoms with Crippen LogP contribution < -0.4 is 0 Å². The number of nitrogens with zero attached hydrogens (tertiary/aromatic N) is 5. The summed E-state index contributed by atoms with van der Waals surface area (Å²) < 4.78 is 42.2. The van der Waals surface area contributed by atoms with E-state index in [4.69, 9.17) is 11.6 Å². The highest BCUT2D eigenvalue weighted by Crippen LogP contribution is 2.36. The summed E-state index contributed by atoms with van der Waals surface area (Å²) in [5.74, 6) is -0.236. The van der Waals surface area contributed by atoms with Crippen LogP contribution in [-0.2, 0) is 17.5 Å². The summed E-state index contributed by atoms with van der Waals surface area (Å²) in [6.45, 7) is 4.19. The number of hydrogen-bond acceptors (Lipinski definition) is 5. The van der Waals surface area contributed by atoms with E-state index in [2.05, 4.69) is 19.9 Å². The zero-order chi connectivity index (χ0) is 27.1. The lowest BCUT2D eigenvalue weighted by Crippen LogP contribution is -2.41. The van der Waals surface area contributed by atoms with Crippen LogP contribution >= 0.6 is 23.4 Å². The normalized spacial score (nSPS) is 21.6. The Morgan fingerprint density at radius 1 is 1.08 bits per heavy atom. The first-order chi connectivity index (χ1) is 18.7. The topological polar surface area (TPSA) is 53.7 Å². The van der Waals surface area contributed by atoms with Gasteiger partial charge in [-0.15, -0.1) is 0 Å². The molecule has 0 saturated carbocycles. The minimum Gasteiger partial charge on any atom is -0.347 e. The summed E-state index contributed by atoms with van der Waals surface area (Å²) >= 11 is 7.24. The fourth-order valence-electron chi connectivity index (χ4n) is 5.65. The zero-order valence-corrected chi connectivity index (χ0v) is 22.7. The molecule has 0 spiro atoms. The molecule has 6 nitrogen and oxygen atoms in total. The van der Waals surface area contributed by atoms with E-state index >= 15 is 0 Å². The van der Waals surface area contributed by atoms with Gasteiger partial charge in [0.1, 0.15) is 0 Å². The van der Waals surface area contributed by atoms with Crippen molar-refractivity contribution in [3.05, 3.63) is 69.2 Å². The summed E-state index contributed by atoms with van der Waals surface area (Å²) in [5, 5.41) is 5.92. The number of rotatable bonds is 5. The molecule has 39 heavy (non-hydrogen) atoms. The molecule has 6 rings (SSSR count). The second-order valence-electron chi connectivity index (χ2n) is 10.2. The summed E-state index contributed by atoms with van der Waals surface area (Å²) in [5.41, 5.74) is 0.829. The van der Waals surface area contributed by atoms with Gasteiger partial charge in [-0.25, -0.2) is 0 Å². The van der Waals surface area contributed by atoms with Crippen molar-refractivity contribution in [3.8, 4) is 0 Å². The lowest BCUT2D eigenvalue weighted by Gasteiger charge is -2.29. The van der Waals surface area contributed by atoms with E-state index in [1.165, 1.54) is 41.4 Å². The molecule has 204 valence electrons. The maximum Gasteiger partial charge on any atom is 0.416 e. The third kappa shape index (κ3) is 5.60. The van der Waals surface area contributed by atoms with Crippen molar-refractivity contribution >= 4 is 51.4 Å². The molecule has 2 fully saturated rings. The Morgan fingerprint density at radius 3 is 2.69 bits per heavy atom. The molecule has 0 aliphatic carbocycles. The van der Waals surface area contributed by atoms with E-state index in [1.54, 1.807) is 6.20 Å². The summed E-state index contributed by atoms with van der Waals surface area (Å²) in [6.07, 6.45) is 3.67. The number of alkyl halides is 3. The van der Waals surface area contributed by atoms with Gasteiger partial charge in [0.05, 0.1) is 28.7 Å². The number of aromatic nitrogens is 2. The molecule has 3 aromatic rings. The fraction of sp³-hybridized carbons (Fsp3) is 0.393. The predicted molar refractivity (Wildman–Crippen MR) is 149 cm³/mol. The Labute approximate surface area is 233 Å². The van der Waals surface area contributed by atoms with Gasteiger partial charge in [0.25, 0.3) is 5.91 Å². The van der Waals surface area contributed by atoms with Crippen LogP contribution in [0.4, 0.5) is 13.2 Å². The first-order valence-corrected chi connectivity index (χ1v) is 14.3. The molecule has 0 radical (unpaired) electrons. The largest absolute Gasteiger partial charge is 0.416 e. The van der Waals surface area contributed by atoms with Crippen LogP contribution in [0.3, 0.4) is 0 Å². The van der Waals surface area contributed by atoms with E-state index in [-0.39, 0.29) is 23.0 Å². The monoisotopic (exact) mass is 573 g/mol. The van der Waals surface area contributed by atoms with Gasteiger partial charge in [-0.1, -0.05) is 23.7 Å². The maximum atomic E-state index is 13.5. The lowest BCUT2D eigenvalue weighted by molar-refractivity contribution is -0.138. The van der Waals surface area contributed by atoms with Gasteiger partial charge in [-0.3, -0.25) is 9.48 Å². The summed E-state index contributed by atoms with van der Waals surface area (Å²) in [6, 6.07) is 9.71. The SMILES string of the molecule is O=C1N=C(N2CCC[C@H]2CN2CCCC2)S/C1=C\c1ccc2c(cnn2Cc2ccc(Cl)cc2C(F)(F)F)c1. The number of benzene rings is 2. The van der Waals surface area contributed by atoms with Crippen molar-refractivity contribution in [2.75, 3.05) is 26.2 Å².